The summed E-state index contributed by atoms with van der Waals surface area (Å²) >= 11 is 0. The van der Waals surface area contributed by atoms with Gasteiger partial charge in [-0.05, 0) is 19.3 Å². The van der Waals surface area contributed by atoms with E-state index in [1.165, 1.54) is 38.5 Å². The van der Waals surface area contributed by atoms with Gasteiger partial charge in [0.05, 0.1) is 10.1 Å². The molecular formula is C19H39NaO4S. The minimum Gasteiger partial charge on any atom is -0.748 e. The maximum Gasteiger partial charge on any atom is 1.00 e. The van der Waals surface area contributed by atoms with Crippen LogP contribution in [0.4, 0.5) is 0 Å². The molecule has 4 nitrogen and oxygen atoms in total. The zero-order valence-corrected chi connectivity index (χ0v) is 19.5. The monoisotopic (exact) mass is 386 g/mol. The van der Waals surface area contributed by atoms with Crippen molar-refractivity contribution < 1.29 is 47.6 Å². The first-order valence-corrected chi connectivity index (χ1v) is 11.5. The largest absolute Gasteiger partial charge is 1.00 e. The van der Waals surface area contributed by atoms with Crippen LogP contribution in [0.25, 0.3) is 0 Å². The molecule has 0 aliphatic rings. The zero-order valence-electron chi connectivity index (χ0n) is 16.7. The van der Waals surface area contributed by atoms with Crippen molar-refractivity contribution in [2.24, 2.45) is 0 Å². The summed E-state index contributed by atoms with van der Waals surface area (Å²) in [6.07, 6.45) is 16.6. The second-order valence-corrected chi connectivity index (χ2v) is 8.66. The van der Waals surface area contributed by atoms with E-state index >= 15 is 0 Å². The summed E-state index contributed by atoms with van der Waals surface area (Å²) in [4.78, 5) is 0. The molecule has 1 N–H and O–H groups in total. The van der Waals surface area contributed by atoms with E-state index in [2.05, 4.69) is 6.92 Å². The standard InChI is InChI=1S/C19H40O4S.Na/c1-2-3-13-16-19(24(21,22)23)17-14-11-9-7-5-4-6-8-10-12-15-18-20;/h19-20H,2-18H2,1H3,(H,21,22,23);/q;+1/p-1. The van der Waals surface area contributed by atoms with E-state index in [9.17, 15) is 13.0 Å². The molecule has 146 valence electrons. The maximum atomic E-state index is 11.3. The van der Waals surface area contributed by atoms with E-state index in [1.807, 2.05) is 0 Å². The molecule has 0 spiro atoms. The summed E-state index contributed by atoms with van der Waals surface area (Å²) in [6, 6.07) is 0. The Bertz CT molecular complexity index is 360. The molecule has 0 aliphatic heterocycles. The summed E-state index contributed by atoms with van der Waals surface area (Å²) in [5.41, 5.74) is 0. The van der Waals surface area contributed by atoms with Gasteiger partial charge < -0.3 is 9.66 Å². The van der Waals surface area contributed by atoms with E-state index in [-0.39, 0.29) is 29.6 Å². The molecule has 0 aliphatic carbocycles. The Morgan fingerprint density at radius 2 is 1.08 bits per heavy atom. The van der Waals surface area contributed by atoms with Crippen LogP contribution in [-0.2, 0) is 10.1 Å². The molecule has 0 aromatic rings. The molecule has 0 amide bonds. The molecule has 0 aromatic heterocycles. The Hall–Kier alpha value is 0.870. The zero-order chi connectivity index (χ0) is 18.1. The third-order valence-electron chi connectivity index (χ3n) is 4.72. The number of aliphatic hydroxyl groups excluding tert-OH is 1. The number of unbranched alkanes of at least 4 members (excludes halogenated alkanes) is 12. The first-order valence-electron chi connectivity index (χ1n) is 10.1. The fraction of sp³-hybridized carbons (Fsp3) is 1.00. The van der Waals surface area contributed by atoms with Gasteiger partial charge >= 0.3 is 29.6 Å². The van der Waals surface area contributed by atoms with Crippen LogP contribution in [0.2, 0.25) is 0 Å². The van der Waals surface area contributed by atoms with Crippen molar-refractivity contribution in [1.29, 1.82) is 0 Å². The topological polar surface area (TPSA) is 77.4 Å². The van der Waals surface area contributed by atoms with Crippen molar-refractivity contribution in [3.05, 3.63) is 0 Å². The van der Waals surface area contributed by atoms with Gasteiger partial charge in [0.2, 0.25) is 0 Å². The summed E-state index contributed by atoms with van der Waals surface area (Å²) < 4.78 is 33.9. The molecule has 0 saturated heterocycles. The van der Waals surface area contributed by atoms with E-state index < -0.39 is 15.4 Å². The second-order valence-electron chi connectivity index (χ2n) is 7.01. The average molecular weight is 387 g/mol. The minimum atomic E-state index is -4.13. The van der Waals surface area contributed by atoms with Crippen LogP contribution in [0, 0.1) is 0 Å². The smallest absolute Gasteiger partial charge is 0.748 e. The summed E-state index contributed by atoms with van der Waals surface area (Å²) in [6.45, 7) is 2.39. The number of hydrogen-bond donors (Lipinski definition) is 1. The number of rotatable bonds is 18. The third kappa shape index (κ3) is 19.4. The van der Waals surface area contributed by atoms with Crippen LogP contribution in [0.3, 0.4) is 0 Å². The Morgan fingerprint density at radius 1 is 0.720 bits per heavy atom. The van der Waals surface area contributed by atoms with Gasteiger partial charge in [-0.1, -0.05) is 90.4 Å². The van der Waals surface area contributed by atoms with E-state index in [1.54, 1.807) is 0 Å². The molecular weight excluding hydrogens is 347 g/mol. The fourth-order valence-electron chi connectivity index (χ4n) is 3.13. The number of hydrogen-bond acceptors (Lipinski definition) is 4. The Kier molecular flexibility index (Phi) is 22.0. The normalized spacial score (nSPS) is 12.8. The van der Waals surface area contributed by atoms with Gasteiger partial charge in [-0.2, -0.15) is 0 Å². The van der Waals surface area contributed by atoms with Crippen molar-refractivity contribution in [1.82, 2.24) is 0 Å². The molecule has 25 heavy (non-hydrogen) atoms. The molecule has 1 atom stereocenters. The molecule has 0 heterocycles. The quantitative estimate of drug-likeness (QED) is 0.222. The van der Waals surface area contributed by atoms with Crippen molar-refractivity contribution >= 4 is 10.1 Å². The van der Waals surface area contributed by atoms with E-state index in [0.717, 1.165) is 51.4 Å². The van der Waals surface area contributed by atoms with Gasteiger partial charge in [-0.15, -0.1) is 0 Å². The predicted molar refractivity (Wildman–Crippen MR) is 100 cm³/mol. The first-order chi connectivity index (χ1) is 11.5. The van der Waals surface area contributed by atoms with Crippen LogP contribution in [0.15, 0.2) is 0 Å². The minimum absolute atomic E-state index is 0. The first kappa shape index (κ1) is 28.1. The average Bonchev–Trinajstić information content (AvgIpc) is 2.53. The van der Waals surface area contributed by atoms with Gasteiger partial charge in [-0.3, -0.25) is 0 Å². The molecule has 0 aromatic carbocycles. The SMILES string of the molecule is CCCCCC(CCCCCCCCCCCCCO)S(=O)(=O)[O-].[Na+]. The van der Waals surface area contributed by atoms with Crippen LogP contribution in [0.1, 0.15) is 110 Å². The second kappa shape index (κ2) is 19.6. The molecule has 1 unspecified atom stereocenters. The summed E-state index contributed by atoms with van der Waals surface area (Å²) in [5.74, 6) is 0. The van der Waals surface area contributed by atoms with Gasteiger partial charge in [0.25, 0.3) is 0 Å². The molecule has 0 rings (SSSR count). The molecule has 0 radical (unpaired) electrons. The van der Waals surface area contributed by atoms with Gasteiger partial charge in [0.1, 0.15) is 0 Å². The molecule has 0 fully saturated rings. The Labute approximate surface area is 178 Å². The van der Waals surface area contributed by atoms with Crippen LogP contribution >= 0.6 is 0 Å². The number of aliphatic hydroxyl groups is 1. The molecule has 0 bridgehead atoms. The van der Waals surface area contributed by atoms with Crippen molar-refractivity contribution in [3.63, 3.8) is 0 Å². The predicted octanol–water partition coefficient (Wildman–Crippen LogP) is 2.16. The maximum absolute atomic E-state index is 11.3. The summed E-state index contributed by atoms with van der Waals surface area (Å²) in [7, 11) is -4.13. The fourth-order valence-corrected chi connectivity index (χ4v) is 4.04. The summed E-state index contributed by atoms with van der Waals surface area (Å²) in [5, 5.41) is 8.03. The van der Waals surface area contributed by atoms with E-state index in [4.69, 9.17) is 5.11 Å². The van der Waals surface area contributed by atoms with Crippen molar-refractivity contribution in [2.75, 3.05) is 6.61 Å². The van der Waals surface area contributed by atoms with Gasteiger partial charge in [0.15, 0.2) is 0 Å². The van der Waals surface area contributed by atoms with Gasteiger partial charge in [-0.25, -0.2) is 8.42 Å². The van der Waals surface area contributed by atoms with Crippen molar-refractivity contribution in [3.8, 4) is 0 Å². The van der Waals surface area contributed by atoms with E-state index in [0.29, 0.717) is 19.4 Å². The van der Waals surface area contributed by atoms with Crippen molar-refractivity contribution in [2.45, 2.75) is 115 Å². The Balaban J connectivity index is 0. The third-order valence-corrected chi connectivity index (χ3v) is 6.01. The molecule has 6 heteroatoms. The Morgan fingerprint density at radius 3 is 1.44 bits per heavy atom. The van der Waals surface area contributed by atoms with Gasteiger partial charge in [0, 0.05) is 11.9 Å². The van der Waals surface area contributed by atoms with Crippen LogP contribution < -0.4 is 29.6 Å². The molecule has 0 saturated carbocycles. The van der Waals surface area contributed by atoms with Crippen LogP contribution in [-0.4, -0.2) is 29.9 Å². The van der Waals surface area contributed by atoms with Crippen LogP contribution in [0.5, 0.6) is 0 Å².